The van der Waals surface area contributed by atoms with E-state index in [9.17, 15) is 9.90 Å². The number of likely N-dealkylation sites (N-methyl/N-ethyl adjacent to an activating group) is 1. The van der Waals surface area contributed by atoms with Gasteiger partial charge in [-0.2, -0.15) is 0 Å². The second-order valence-electron chi connectivity index (χ2n) is 6.33. The van der Waals surface area contributed by atoms with E-state index in [0.29, 0.717) is 29.3 Å². The average Bonchev–Trinajstić information content (AvgIpc) is 2.71. The summed E-state index contributed by atoms with van der Waals surface area (Å²) in [6.45, 7) is 4.22. The second-order valence-corrected chi connectivity index (χ2v) is 6.33. The van der Waals surface area contributed by atoms with E-state index < -0.39 is 12.0 Å². The highest BCUT2D eigenvalue weighted by molar-refractivity contribution is 5.89. The molecule has 1 aromatic carbocycles. The lowest BCUT2D eigenvalue weighted by Gasteiger charge is -2.15. The van der Waals surface area contributed by atoms with Crippen molar-refractivity contribution in [3.8, 4) is 23.2 Å². The smallest absolute Gasteiger partial charge is 0.263 e. The zero-order valence-electron chi connectivity index (χ0n) is 16.0. The van der Waals surface area contributed by atoms with Gasteiger partial charge >= 0.3 is 0 Å². The maximum atomic E-state index is 11.9. The molecule has 0 aliphatic rings. The molecule has 0 fully saturated rings. The molecule has 0 unspecified atom stereocenters. The summed E-state index contributed by atoms with van der Waals surface area (Å²) in [6.07, 6.45) is 0.269. The van der Waals surface area contributed by atoms with E-state index >= 15 is 0 Å². The first-order valence-electron chi connectivity index (χ1n) is 8.84. The van der Waals surface area contributed by atoms with Crippen LogP contribution in [0.5, 0.6) is 0 Å². The van der Waals surface area contributed by atoms with Gasteiger partial charge in [0.2, 0.25) is 0 Å². The van der Waals surface area contributed by atoms with Crippen molar-refractivity contribution < 1.29 is 9.90 Å². The van der Waals surface area contributed by atoms with Gasteiger partial charge in [0.1, 0.15) is 11.3 Å². The van der Waals surface area contributed by atoms with E-state index in [-0.39, 0.29) is 0 Å². The molecule has 3 rings (SSSR count). The monoisotopic (exact) mass is 375 g/mol. The number of fused-ring (bicyclic) bond motifs is 1. The molecule has 142 valence electrons. The Bertz CT molecular complexity index is 1100. The molecule has 7 nitrogen and oxygen atoms in total. The van der Waals surface area contributed by atoms with Crippen molar-refractivity contribution in [3.05, 3.63) is 47.8 Å². The molecule has 2 heterocycles. The molecule has 0 radical (unpaired) electrons. The highest BCUT2D eigenvalue weighted by Crippen LogP contribution is 2.24. The molecule has 0 aliphatic carbocycles. The molecule has 0 aliphatic heterocycles. The van der Waals surface area contributed by atoms with Gasteiger partial charge in [0.15, 0.2) is 11.9 Å². The Hall–Kier alpha value is -3.50. The molecule has 7 heteroatoms. The SMILES string of the molecule is CCN(C)C(=O)[C@H](O)C#Cc1cccc(-c2nc(C)c3ccnc(N)c3n2)c1. The van der Waals surface area contributed by atoms with Crippen LogP contribution < -0.4 is 5.73 Å². The number of amides is 1. The lowest BCUT2D eigenvalue weighted by atomic mass is 10.1. The topological polar surface area (TPSA) is 105 Å². The maximum absolute atomic E-state index is 11.9. The highest BCUT2D eigenvalue weighted by Gasteiger charge is 2.15. The number of nitrogens with zero attached hydrogens (tertiary/aromatic N) is 4. The Morgan fingerprint density at radius 1 is 1.32 bits per heavy atom. The molecular weight excluding hydrogens is 354 g/mol. The van der Waals surface area contributed by atoms with Crippen molar-refractivity contribution in [1.29, 1.82) is 0 Å². The van der Waals surface area contributed by atoms with Crippen LogP contribution in [0.4, 0.5) is 5.82 Å². The minimum absolute atomic E-state index is 0.349. The van der Waals surface area contributed by atoms with E-state index in [1.807, 2.05) is 32.0 Å². The Labute approximate surface area is 163 Å². The van der Waals surface area contributed by atoms with Crippen LogP contribution in [-0.2, 0) is 4.79 Å². The van der Waals surface area contributed by atoms with Crippen LogP contribution >= 0.6 is 0 Å². The number of benzene rings is 1. The predicted octanol–water partition coefficient (Wildman–Crippen LogP) is 1.77. The third-order valence-electron chi connectivity index (χ3n) is 4.39. The quantitative estimate of drug-likeness (QED) is 0.676. The summed E-state index contributed by atoms with van der Waals surface area (Å²) >= 11 is 0. The summed E-state index contributed by atoms with van der Waals surface area (Å²) in [4.78, 5) is 26.5. The van der Waals surface area contributed by atoms with Crippen LogP contribution in [0, 0.1) is 18.8 Å². The molecule has 0 bridgehead atoms. The fourth-order valence-electron chi connectivity index (χ4n) is 2.67. The Morgan fingerprint density at radius 3 is 2.86 bits per heavy atom. The molecule has 1 atom stereocenters. The van der Waals surface area contributed by atoms with Crippen LogP contribution in [0.1, 0.15) is 18.2 Å². The lowest BCUT2D eigenvalue weighted by Crippen LogP contribution is -2.35. The van der Waals surface area contributed by atoms with Gasteiger partial charge in [0.25, 0.3) is 5.91 Å². The van der Waals surface area contributed by atoms with Gasteiger partial charge in [0.05, 0.1) is 0 Å². The van der Waals surface area contributed by atoms with E-state index in [2.05, 4.69) is 26.8 Å². The largest absolute Gasteiger partial charge is 0.382 e. The number of aryl methyl sites for hydroxylation is 1. The van der Waals surface area contributed by atoms with Crippen LogP contribution in [0.15, 0.2) is 36.5 Å². The zero-order chi connectivity index (χ0) is 20.3. The highest BCUT2D eigenvalue weighted by atomic mass is 16.3. The molecular formula is C21H21N5O2. The number of aliphatic hydroxyl groups is 1. The molecule has 0 saturated carbocycles. The fourth-order valence-corrected chi connectivity index (χ4v) is 2.67. The molecule has 2 aromatic heterocycles. The summed E-state index contributed by atoms with van der Waals surface area (Å²) in [5.41, 5.74) is 8.76. The van der Waals surface area contributed by atoms with Crippen LogP contribution in [-0.4, -0.2) is 50.6 Å². The number of aliphatic hydroxyl groups excluding tert-OH is 1. The minimum atomic E-state index is -1.36. The maximum Gasteiger partial charge on any atom is 0.263 e. The van der Waals surface area contributed by atoms with Gasteiger partial charge in [-0.3, -0.25) is 4.79 Å². The third-order valence-corrected chi connectivity index (χ3v) is 4.39. The standard InChI is InChI=1S/C21H21N5O2/c1-4-26(3)21(28)17(27)9-8-14-6-5-7-15(12-14)20-24-13(2)16-10-11-23-19(22)18(16)25-20/h5-7,10-12,17,27H,4H2,1-3H3,(H2,22,23)/t17-/m1/s1. The Morgan fingerprint density at radius 2 is 2.11 bits per heavy atom. The van der Waals surface area contributed by atoms with E-state index in [1.165, 1.54) is 4.90 Å². The summed E-state index contributed by atoms with van der Waals surface area (Å²) in [7, 11) is 1.62. The summed E-state index contributed by atoms with van der Waals surface area (Å²) < 4.78 is 0. The van der Waals surface area contributed by atoms with E-state index in [1.54, 1.807) is 25.4 Å². The van der Waals surface area contributed by atoms with Crippen LogP contribution in [0.2, 0.25) is 0 Å². The van der Waals surface area contributed by atoms with Gasteiger partial charge in [-0.1, -0.05) is 24.0 Å². The summed E-state index contributed by atoms with van der Waals surface area (Å²) in [6, 6.07) is 9.12. The van der Waals surface area contributed by atoms with Crippen LogP contribution in [0.25, 0.3) is 22.3 Å². The van der Waals surface area contributed by atoms with Crippen molar-refractivity contribution in [1.82, 2.24) is 19.9 Å². The van der Waals surface area contributed by atoms with Gasteiger partial charge in [0, 0.05) is 42.0 Å². The van der Waals surface area contributed by atoms with Crippen molar-refractivity contribution in [2.45, 2.75) is 20.0 Å². The van der Waals surface area contributed by atoms with Crippen molar-refractivity contribution >= 4 is 22.6 Å². The number of nitrogen functional groups attached to an aromatic ring is 1. The number of hydrogen-bond acceptors (Lipinski definition) is 6. The molecule has 0 saturated heterocycles. The molecule has 3 aromatic rings. The van der Waals surface area contributed by atoms with Gasteiger partial charge in [-0.15, -0.1) is 0 Å². The van der Waals surface area contributed by atoms with E-state index in [0.717, 1.165) is 16.6 Å². The number of pyridine rings is 1. The number of carbonyl (C=O) groups excluding carboxylic acids is 1. The van der Waals surface area contributed by atoms with Crippen molar-refractivity contribution in [2.75, 3.05) is 19.3 Å². The second kappa shape index (κ2) is 8.03. The van der Waals surface area contributed by atoms with Gasteiger partial charge < -0.3 is 15.7 Å². The summed E-state index contributed by atoms with van der Waals surface area (Å²) in [5.74, 6) is 5.85. The normalized spacial score (nSPS) is 11.6. The first kappa shape index (κ1) is 19.3. The first-order chi connectivity index (χ1) is 13.4. The summed E-state index contributed by atoms with van der Waals surface area (Å²) in [5, 5.41) is 10.8. The van der Waals surface area contributed by atoms with Gasteiger partial charge in [-0.05, 0) is 32.0 Å². The molecule has 0 spiro atoms. The first-order valence-corrected chi connectivity index (χ1v) is 8.84. The number of rotatable bonds is 3. The molecule has 28 heavy (non-hydrogen) atoms. The number of carbonyl (C=O) groups is 1. The van der Waals surface area contributed by atoms with E-state index in [4.69, 9.17) is 5.73 Å². The third kappa shape index (κ3) is 3.92. The number of nitrogens with two attached hydrogens (primary N) is 1. The fraction of sp³-hybridized carbons (Fsp3) is 0.238. The predicted molar refractivity (Wildman–Crippen MR) is 108 cm³/mol. The van der Waals surface area contributed by atoms with Gasteiger partial charge in [-0.25, -0.2) is 15.0 Å². The number of anilines is 1. The van der Waals surface area contributed by atoms with Crippen molar-refractivity contribution in [2.24, 2.45) is 0 Å². The average molecular weight is 375 g/mol. The lowest BCUT2D eigenvalue weighted by molar-refractivity contribution is -0.135. The van der Waals surface area contributed by atoms with Crippen molar-refractivity contribution in [3.63, 3.8) is 0 Å². The number of aromatic nitrogens is 3. The van der Waals surface area contributed by atoms with Crippen LogP contribution in [0.3, 0.4) is 0 Å². The minimum Gasteiger partial charge on any atom is -0.382 e. The molecule has 1 amide bonds. The number of hydrogen-bond donors (Lipinski definition) is 2. The molecule has 3 N–H and O–H groups in total. The Balaban J connectivity index is 1.95. The zero-order valence-corrected chi connectivity index (χ0v) is 16.0. The Kier molecular flexibility index (Phi) is 5.52.